The zero-order valence-electron chi connectivity index (χ0n) is 20.5. The fourth-order valence-corrected chi connectivity index (χ4v) is 7.33. The van der Waals surface area contributed by atoms with Crippen LogP contribution in [0.25, 0.3) is 0 Å². The van der Waals surface area contributed by atoms with E-state index in [2.05, 4.69) is 5.32 Å². The van der Waals surface area contributed by atoms with E-state index in [1.807, 2.05) is 6.07 Å². The number of piperidine rings is 1. The minimum absolute atomic E-state index is 0.00376. The van der Waals surface area contributed by atoms with Crippen molar-refractivity contribution in [3.05, 3.63) is 29.3 Å². The van der Waals surface area contributed by atoms with Crippen LogP contribution in [0.4, 0.5) is 13.2 Å². The van der Waals surface area contributed by atoms with E-state index in [9.17, 15) is 31.2 Å². The van der Waals surface area contributed by atoms with E-state index in [0.29, 0.717) is 32.2 Å². The third kappa shape index (κ3) is 4.94. The fraction of sp³-hybridized carbons (Fsp3) is 0.625. The number of hydrogen-bond donors (Lipinski definition) is 1. The third-order valence-electron chi connectivity index (χ3n) is 7.69. The minimum Gasteiger partial charge on any atom is -0.491 e. The van der Waals surface area contributed by atoms with E-state index in [0.717, 1.165) is 12.1 Å². The first-order valence-corrected chi connectivity index (χ1v) is 14.0. The number of nitrogens with zero attached hydrogens (tertiary/aromatic N) is 4. The molecule has 0 bridgehead atoms. The molecule has 0 saturated carbocycles. The van der Waals surface area contributed by atoms with Gasteiger partial charge >= 0.3 is 6.18 Å². The van der Waals surface area contributed by atoms with Crippen molar-refractivity contribution in [3.63, 3.8) is 0 Å². The lowest BCUT2D eigenvalue weighted by atomic mass is 9.97. The molecule has 0 aliphatic carbocycles. The van der Waals surface area contributed by atoms with E-state index in [-0.39, 0.29) is 55.9 Å². The molecule has 2 unspecified atom stereocenters. The van der Waals surface area contributed by atoms with Crippen LogP contribution >= 0.6 is 0 Å². The summed E-state index contributed by atoms with van der Waals surface area (Å²) >= 11 is 0. The summed E-state index contributed by atoms with van der Waals surface area (Å²) in [7, 11) is -3.77. The van der Waals surface area contributed by atoms with Crippen molar-refractivity contribution in [1.29, 1.82) is 5.26 Å². The summed E-state index contributed by atoms with van der Waals surface area (Å²) in [6.45, 7) is 0.893. The average Bonchev–Trinajstić information content (AvgIpc) is 3.50. The summed E-state index contributed by atoms with van der Waals surface area (Å²) in [5.41, 5.74) is -0.598. The normalized spacial score (nSPS) is 26.8. The number of amides is 2. The monoisotopic (exact) mass is 555 g/mol. The molecule has 1 N–H and O–H groups in total. The Balaban J connectivity index is 1.24. The predicted octanol–water partition coefficient (Wildman–Crippen LogP) is 1.66. The number of ether oxygens (including phenoxy) is 1. The highest BCUT2D eigenvalue weighted by molar-refractivity contribution is 7.86. The van der Waals surface area contributed by atoms with Crippen molar-refractivity contribution in [1.82, 2.24) is 18.8 Å². The predicted molar refractivity (Wildman–Crippen MR) is 126 cm³/mol. The van der Waals surface area contributed by atoms with E-state index in [4.69, 9.17) is 10.00 Å². The van der Waals surface area contributed by atoms with Gasteiger partial charge in [-0.1, -0.05) is 0 Å². The number of nitriles is 1. The van der Waals surface area contributed by atoms with Crippen molar-refractivity contribution in [2.75, 3.05) is 39.3 Å². The Morgan fingerprint density at radius 3 is 2.53 bits per heavy atom. The molecule has 38 heavy (non-hydrogen) atoms. The molecule has 14 heteroatoms. The van der Waals surface area contributed by atoms with Crippen LogP contribution in [0.15, 0.2) is 18.2 Å². The summed E-state index contributed by atoms with van der Waals surface area (Å²) in [5, 5.41) is 11.7. The number of alkyl halides is 3. The standard InChI is InChI=1S/C24H28F3N5O5S/c25-24(26,27)17-5-6-21-18(9-17)19(14-37-21)29-22(33)20-4-2-8-32(20)23(34)16-3-1-7-30(13-16)38(35,36)31-11-15(10-28)12-31/h5-6,9,15-16,19-20H,1-4,7-8,11-14H2,(H,29,33)/t16?,19?,20-/m1/s1. The Labute approximate surface area is 218 Å². The van der Waals surface area contributed by atoms with Crippen molar-refractivity contribution < 1.29 is 35.9 Å². The van der Waals surface area contributed by atoms with Crippen molar-refractivity contribution in [2.24, 2.45) is 11.8 Å². The summed E-state index contributed by atoms with van der Waals surface area (Å²) in [6, 6.07) is 3.61. The molecule has 4 aliphatic rings. The molecular weight excluding hydrogens is 527 g/mol. The van der Waals surface area contributed by atoms with Crippen LogP contribution in [0.2, 0.25) is 0 Å². The van der Waals surface area contributed by atoms with Crippen LogP contribution in [0, 0.1) is 23.2 Å². The summed E-state index contributed by atoms with van der Waals surface area (Å²) in [4.78, 5) is 28.1. The maximum Gasteiger partial charge on any atom is 0.416 e. The third-order valence-corrected chi connectivity index (χ3v) is 9.62. The molecule has 5 rings (SSSR count). The van der Waals surface area contributed by atoms with E-state index in [1.165, 1.54) is 19.6 Å². The molecule has 10 nitrogen and oxygen atoms in total. The van der Waals surface area contributed by atoms with Gasteiger partial charge in [0.05, 0.1) is 29.5 Å². The number of nitrogens with one attached hydrogen (secondary N) is 1. The number of likely N-dealkylation sites (tertiary alicyclic amines) is 1. The highest BCUT2D eigenvalue weighted by atomic mass is 32.2. The first-order chi connectivity index (χ1) is 18.0. The zero-order chi connectivity index (χ0) is 27.2. The van der Waals surface area contributed by atoms with Crippen LogP contribution in [-0.4, -0.2) is 79.1 Å². The van der Waals surface area contributed by atoms with Gasteiger partial charge in [0.2, 0.25) is 11.8 Å². The van der Waals surface area contributed by atoms with Crippen LogP contribution < -0.4 is 10.1 Å². The Bertz CT molecular complexity index is 1260. The van der Waals surface area contributed by atoms with Gasteiger partial charge in [0.1, 0.15) is 18.4 Å². The van der Waals surface area contributed by atoms with Crippen LogP contribution in [0.5, 0.6) is 5.75 Å². The largest absolute Gasteiger partial charge is 0.491 e. The molecule has 3 saturated heterocycles. The fourth-order valence-electron chi connectivity index (χ4n) is 5.54. The molecular formula is C24H28F3N5O5S. The lowest BCUT2D eigenvalue weighted by Gasteiger charge is -2.41. The van der Waals surface area contributed by atoms with Crippen LogP contribution in [0.3, 0.4) is 0 Å². The van der Waals surface area contributed by atoms with Crippen molar-refractivity contribution in [3.8, 4) is 11.8 Å². The Morgan fingerprint density at radius 1 is 1.08 bits per heavy atom. The number of fused-ring (bicyclic) bond motifs is 1. The first-order valence-electron chi connectivity index (χ1n) is 12.6. The molecule has 1 aromatic rings. The molecule has 0 radical (unpaired) electrons. The molecule has 206 valence electrons. The Hall–Kier alpha value is -2.89. The second-order valence-corrected chi connectivity index (χ2v) is 12.1. The number of carbonyl (C=O) groups excluding carboxylic acids is 2. The minimum atomic E-state index is -4.53. The molecule has 0 spiro atoms. The highest BCUT2D eigenvalue weighted by Gasteiger charge is 2.44. The number of hydrogen-bond acceptors (Lipinski definition) is 6. The smallest absolute Gasteiger partial charge is 0.416 e. The summed E-state index contributed by atoms with van der Waals surface area (Å²) in [6.07, 6.45) is -2.57. The maximum absolute atomic E-state index is 13.4. The zero-order valence-corrected chi connectivity index (χ0v) is 21.3. The summed E-state index contributed by atoms with van der Waals surface area (Å²) in [5.74, 6) is -1.44. The SMILES string of the molecule is N#CC1CN(S(=O)(=O)N2CCCC(C(=O)N3CCC[C@@H]3C(=O)NC3COc4ccc(C(F)(F)F)cc43)C2)C1. The van der Waals surface area contributed by atoms with Gasteiger partial charge in [0.25, 0.3) is 10.2 Å². The van der Waals surface area contributed by atoms with Crippen LogP contribution in [0.1, 0.15) is 42.9 Å². The molecule has 3 fully saturated rings. The Kier molecular flexibility index (Phi) is 7.04. The topological polar surface area (TPSA) is 123 Å². The van der Waals surface area contributed by atoms with Gasteiger partial charge in [0.15, 0.2) is 0 Å². The Morgan fingerprint density at radius 2 is 1.82 bits per heavy atom. The second-order valence-electron chi connectivity index (χ2n) is 10.2. The van der Waals surface area contributed by atoms with Gasteiger partial charge in [-0.3, -0.25) is 9.59 Å². The van der Waals surface area contributed by atoms with Gasteiger partial charge in [-0.2, -0.15) is 35.5 Å². The maximum atomic E-state index is 13.4. The summed E-state index contributed by atoms with van der Waals surface area (Å²) < 4.78 is 73.4. The van der Waals surface area contributed by atoms with Gasteiger partial charge in [0, 0.05) is 38.3 Å². The molecule has 4 heterocycles. The number of halogens is 3. The lowest BCUT2D eigenvalue weighted by molar-refractivity contribution is -0.142. The highest BCUT2D eigenvalue weighted by Crippen LogP contribution is 2.38. The van der Waals surface area contributed by atoms with E-state index >= 15 is 0 Å². The second kappa shape index (κ2) is 10.0. The van der Waals surface area contributed by atoms with Gasteiger partial charge in [-0.15, -0.1) is 0 Å². The van der Waals surface area contributed by atoms with Gasteiger partial charge in [-0.05, 0) is 43.9 Å². The van der Waals surface area contributed by atoms with Gasteiger partial charge < -0.3 is 15.0 Å². The quantitative estimate of drug-likeness (QED) is 0.590. The molecule has 4 aliphatic heterocycles. The first kappa shape index (κ1) is 26.7. The molecule has 3 atom stereocenters. The van der Waals surface area contributed by atoms with Crippen molar-refractivity contribution in [2.45, 2.75) is 43.9 Å². The number of carbonyl (C=O) groups is 2. The average molecular weight is 556 g/mol. The number of rotatable bonds is 5. The van der Waals surface area contributed by atoms with E-state index < -0.39 is 45.9 Å². The molecule has 0 aromatic heterocycles. The lowest BCUT2D eigenvalue weighted by Crippen LogP contribution is -2.57. The van der Waals surface area contributed by atoms with E-state index in [1.54, 1.807) is 0 Å². The number of benzene rings is 1. The van der Waals surface area contributed by atoms with Gasteiger partial charge in [-0.25, -0.2) is 0 Å². The molecule has 2 amide bonds. The van der Waals surface area contributed by atoms with Crippen molar-refractivity contribution >= 4 is 22.0 Å². The van der Waals surface area contributed by atoms with Crippen LogP contribution in [-0.2, 0) is 26.0 Å². The molecule has 1 aromatic carbocycles.